The summed E-state index contributed by atoms with van der Waals surface area (Å²) >= 11 is 1.42. The van der Waals surface area contributed by atoms with Crippen LogP contribution >= 0.6 is 11.8 Å². The smallest absolute Gasteiger partial charge is 0.136 e. The first-order chi connectivity index (χ1) is 7.25. The molecule has 2 nitrogen and oxygen atoms in total. The molecule has 15 heavy (non-hydrogen) atoms. The van der Waals surface area contributed by atoms with E-state index in [-0.39, 0.29) is 5.82 Å². The SMILES string of the molecule is Cc1cc(CSc2ccccc2F)no1. The summed E-state index contributed by atoms with van der Waals surface area (Å²) in [7, 11) is 0. The van der Waals surface area contributed by atoms with Crippen LogP contribution in [0.2, 0.25) is 0 Å². The third-order valence-corrected chi connectivity index (χ3v) is 2.97. The van der Waals surface area contributed by atoms with Gasteiger partial charge in [0.1, 0.15) is 11.6 Å². The Balaban J connectivity index is 2.02. The summed E-state index contributed by atoms with van der Waals surface area (Å²) in [6.45, 7) is 1.84. The van der Waals surface area contributed by atoms with Crippen LogP contribution in [0, 0.1) is 12.7 Å². The summed E-state index contributed by atoms with van der Waals surface area (Å²) in [5.74, 6) is 1.21. The maximum Gasteiger partial charge on any atom is 0.136 e. The molecule has 2 aromatic rings. The van der Waals surface area contributed by atoms with Crippen LogP contribution in [0.4, 0.5) is 4.39 Å². The van der Waals surface area contributed by atoms with Crippen molar-refractivity contribution in [3.8, 4) is 0 Å². The molecule has 0 bridgehead atoms. The van der Waals surface area contributed by atoms with E-state index in [1.54, 1.807) is 12.1 Å². The largest absolute Gasteiger partial charge is 0.361 e. The summed E-state index contributed by atoms with van der Waals surface area (Å²) in [5, 5.41) is 3.84. The molecule has 0 amide bonds. The van der Waals surface area contributed by atoms with Crippen molar-refractivity contribution in [1.29, 1.82) is 0 Å². The predicted molar refractivity (Wildman–Crippen MR) is 57.2 cm³/mol. The van der Waals surface area contributed by atoms with Gasteiger partial charge in [0.25, 0.3) is 0 Å². The molecular weight excluding hydrogens is 213 g/mol. The molecule has 0 aliphatic heterocycles. The first-order valence-corrected chi connectivity index (χ1v) is 5.54. The molecule has 0 atom stereocenters. The lowest BCUT2D eigenvalue weighted by Crippen LogP contribution is -1.82. The summed E-state index contributed by atoms with van der Waals surface area (Å²) in [6.07, 6.45) is 0. The van der Waals surface area contributed by atoms with E-state index in [1.807, 2.05) is 19.1 Å². The monoisotopic (exact) mass is 223 g/mol. The van der Waals surface area contributed by atoms with Gasteiger partial charge >= 0.3 is 0 Å². The lowest BCUT2D eigenvalue weighted by molar-refractivity contribution is 0.393. The summed E-state index contributed by atoms with van der Waals surface area (Å²) in [6, 6.07) is 8.57. The van der Waals surface area contributed by atoms with Crippen molar-refractivity contribution < 1.29 is 8.91 Å². The van der Waals surface area contributed by atoms with Gasteiger partial charge in [-0.3, -0.25) is 0 Å². The van der Waals surface area contributed by atoms with Crippen LogP contribution < -0.4 is 0 Å². The number of aromatic nitrogens is 1. The minimum Gasteiger partial charge on any atom is -0.361 e. The predicted octanol–water partition coefficient (Wildman–Crippen LogP) is 3.41. The number of aryl methyl sites for hydroxylation is 1. The van der Waals surface area contributed by atoms with Crippen LogP contribution in [-0.4, -0.2) is 5.16 Å². The Kier molecular flexibility index (Phi) is 3.06. The average Bonchev–Trinajstić information content (AvgIpc) is 2.63. The fourth-order valence-corrected chi connectivity index (χ4v) is 2.02. The lowest BCUT2D eigenvalue weighted by Gasteiger charge is -1.99. The van der Waals surface area contributed by atoms with E-state index >= 15 is 0 Å². The molecule has 78 valence electrons. The second kappa shape index (κ2) is 4.49. The maximum atomic E-state index is 13.2. The maximum absolute atomic E-state index is 13.2. The Hall–Kier alpha value is -1.29. The second-order valence-corrected chi connectivity index (χ2v) is 4.17. The quantitative estimate of drug-likeness (QED) is 0.746. The van der Waals surface area contributed by atoms with Gasteiger partial charge in [0.15, 0.2) is 0 Å². The molecule has 0 saturated carbocycles. The van der Waals surface area contributed by atoms with Gasteiger partial charge in [-0.2, -0.15) is 0 Å². The summed E-state index contributed by atoms with van der Waals surface area (Å²) in [4.78, 5) is 0.637. The molecule has 1 aromatic carbocycles. The zero-order valence-corrected chi connectivity index (χ0v) is 9.05. The normalized spacial score (nSPS) is 10.5. The van der Waals surface area contributed by atoms with E-state index in [9.17, 15) is 4.39 Å². The zero-order chi connectivity index (χ0) is 10.7. The number of rotatable bonds is 3. The first-order valence-electron chi connectivity index (χ1n) is 4.55. The molecule has 4 heteroatoms. The van der Waals surface area contributed by atoms with Gasteiger partial charge in [-0.25, -0.2) is 4.39 Å². The fourth-order valence-electron chi connectivity index (χ4n) is 1.20. The number of benzene rings is 1. The Morgan fingerprint density at radius 3 is 2.87 bits per heavy atom. The van der Waals surface area contributed by atoms with Crippen LogP contribution in [0.1, 0.15) is 11.5 Å². The van der Waals surface area contributed by atoms with E-state index in [4.69, 9.17) is 4.52 Å². The van der Waals surface area contributed by atoms with Crippen molar-refractivity contribution in [2.24, 2.45) is 0 Å². The average molecular weight is 223 g/mol. The van der Waals surface area contributed by atoms with E-state index in [0.29, 0.717) is 10.6 Å². The summed E-state index contributed by atoms with van der Waals surface area (Å²) in [5.41, 5.74) is 0.834. The molecule has 0 aliphatic rings. The van der Waals surface area contributed by atoms with Crippen LogP contribution in [0.25, 0.3) is 0 Å². The van der Waals surface area contributed by atoms with E-state index in [1.165, 1.54) is 17.8 Å². The van der Waals surface area contributed by atoms with Gasteiger partial charge in [-0.1, -0.05) is 17.3 Å². The highest BCUT2D eigenvalue weighted by Gasteiger charge is 2.04. The zero-order valence-electron chi connectivity index (χ0n) is 8.24. The van der Waals surface area contributed by atoms with Crippen LogP contribution in [0.5, 0.6) is 0 Å². The number of thioether (sulfide) groups is 1. The second-order valence-electron chi connectivity index (χ2n) is 3.15. The van der Waals surface area contributed by atoms with Gasteiger partial charge < -0.3 is 4.52 Å². The third kappa shape index (κ3) is 2.59. The minimum atomic E-state index is -0.192. The van der Waals surface area contributed by atoms with Crippen molar-refractivity contribution in [1.82, 2.24) is 5.16 Å². The van der Waals surface area contributed by atoms with E-state index < -0.39 is 0 Å². The third-order valence-electron chi connectivity index (χ3n) is 1.89. The van der Waals surface area contributed by atoms with Crippen molar-refractivity contribution in [3.63, 3.8) is 0 Å². The number of hydrogen-bond donors (Lipinski definition) is 0. The Bertz CT molecular complexity index is 455. The number of nitrogens with zero attached hydrogens (tertiary/aromatic N) is 1. The van der Waals surface area contributed by atoms with Gasteiger partial charge in [-0.15, -0.1) is 11.8 Å². The van der Waals surface area contributed by atoms with Crippen LogP contribution in [0.15, 0.2) is 39.8 Å². The molecule has 0 spiro atoms. The lowest BCUT2D eigenvalue weighted by atomic mass is 10.3. The molecule has 0 radical (unpaired) electrons. The number of halogens is 1. The molecule has 0 N–H and O–H groups in total. The van der Waals surface area contributed by atoms with E-state index in [0.717, 1.165) is 11.5 Å². The van der Waals surface area contributed by atoms with Crippen LogP contribution in [-0.2, 0) is 5.75 Å². The molecule has 1 heterocycles. The van der Waals surface area contributed by atoms with Crippen molar-refractivity contribution in [3.05, 3.63) is 47.6 Å². The highest BCUT2D eigenvalue weighted by atomic mass is 32.2. The number of hydrogen-bond acceptors (Lipinski definition) is 3. The van der Waals surface area contributed by atoms with Crippen molar-refractivity contribution in [2.75, 3.05) is 0 Å². The molecule has 0 unspecified atom stereocenters. The van der Waals surface area contributed by atoms with Gasteiger partial charge in [0.2, 0.25) is 0 Å². The van der Waals surface area contributed by atoms with Gasteiger partial charge in [0, 0.05) is 16.7 Å². The highest BCUT2D eigenvalue weighted by Crippen LogP contribution is 2.24. The molecule has 2 rings (SSSR count). The molecule has 0 aliphatic carbocycles. The van der Waals surface area contributed by atoms with Crippen LogP contribution in [0.3, 0.4) is 0 Å². The topological polar surface area (TPSA) is 26.0 Å². The molecule has 0 fully saturated rings. The van der Waals surface area contributed by atoms with Gasteiger partial charge in [0.05, 0.1) is 5.69 Å². The summed E-state index contributed by atoms with van der Waals surface area (Å²) < 4.78 is 18.2. The minimum absolute atomic E-state index is 0.192. The first kappa shape index (κ1) is 10.2. The molecular formula is C11H10FNOS. The Morgan fingerprint density at radius 1 is 1.40 bits per heavy atom. The Morgan fingerprint density at radius 2 is 2.20 bits per heavy atom. The Labute approximate surface area is 91.5 Å². The standard InChI is InChI=1S/C11H10FNOS/c1-8-6-9(13-14-8)7-15-11-5-3-2-4-10(11)12/h2-6H,7H2,1H3. The highest BCUT2D eigenvalue weighted by molar-refractivity contribution is 7.98. The van der Waals surface area contributed by atoms with Gasteiger partial charge in [-0.05, 0) is 19.1 Å². The fraction of sp³-hybridized carbons (Fsp3) is 0.182. The molecule has 0 saturated heterocycles. The van der Waals surface area contributed by atoms with E-state index in [2.05, 4.69) is 5.16 Å². The van der Waals surface area contributed by atoms with Crippen molar-refractivity contribution >= 4 is 11.8 Å². The van der Waals surface area contributed by atoms with Crippen molar-refractivity contribution in [2.45, 2.75) is 17.6 Å². The molecule has 1 aromatic heterocycles.